The van der Waals surface area contributed by atoms with Crippen molar-refractivity contribution in [1.29, 1.82) is 0 Å². The molecule has 1 unspecified atom stereocenters. The average molecular weight is 397 g/mol. The van der Waals surface area contributed by atoms with E-state index < -0.39 is 0 Å². The molecule has 0 aromatic heterocycles. The first-order chi connectivity index (χ1) is 14.0. The molecule has 1 atom stereocenters. The van der Waals surface area contributed by atoms with Crippen molar-refractivity contribution in [2.45, 2.75) is 50.1 Å². The van der Waals surface area contributed by atoms with Crippen molar-refractivity contribution in [3.8, 4) is 5.75 Å². The molecule has 2 aromatic rings. The number of amides is 2. The minimum Gasteiger partial charge on any atom is -0.508 e. The van der Waals surface area contributed by atoms with E-state index in [9.17, 15) is 14.3 Å². The van der Waals surface area contributed by atoms with Gasteiger partial charge in [-0.3, -0.25) is 4.90 Å². The lowest BCUT2D eigenvalue weighted by molar-refractivity contribution is 0.109. The maximum atomic E-state index is 13.2. The largest absolute Gasteiger partial charge is 0.508 e. The zero-order valence-electron chi connectivity index (χ0n) is 16.5. The summed E-state index contributed by atoms with van der Waals surface area (Å²) in [5.74, 6) is -0.0748. The summed E-state index contributed by atoms with van der Waals surface area (Å²) in [6.45, 7) is 1.87. The number of benzene rings is 2. The molecule has 3 N–H and O–H groups in total. The summed E-state index contributed by atoms with van der Waals surface area (Å²) in [5, 5.41) is 15.6. The molecule has 1 aliphatic heterocycles. The van der Waals surface area contributed by atoms with Gasteiger partial charge in [-0.05, 0) is 74.9 Å². The van der Waals surface area contributed by atoms with Crippen LogP contribution in [0.4, 0.5) is 14.9 Å². The third kappa shape index (κ3) is 4.88. The fraction of sp³-hybridized carbons (Fsp3) is 0.435. The molecular formula is C23H28FN3O2. The van der Waals surface area contributed by atoms with E-state index in [-0.39, 0.29) is 23.1 Å². The first kappa shape index (κ1) is 19.7. The van der Waals surface area contributed by atoms with Crippen molar-refractivity contribution in [3.05, 3.63) is 59.9 Å². The number of phenols is 1. The molecule has 2 fully saturated rings. The highest BCUT2D eigenvalue weighted by atomic mass is 19.1. The SMILES string of the molecule is O=C(Nc1cccc(O)c1)NC1(CN2CCCC2Cc2ccc(F)cc2)CCC1. The Morgan fingerprint density at radius 2 is 1.97 bits per heavy atom. The predicted molar refractivity (Wildman–Crippen MR) is 112 cm³/mol. The normalized spacial score (nSPS) is 20.8. The predicted octanol–water partition coefficient (Wildman–Crippen LogP) is 4.28. The standard InChI is InChI=1S/C23H28FN3O2/c24-18-9-7-17(8-10-18)14-20-5-2-13-27(20)16-23(11-3-12-23)26-22(29)25-19-4-1-6-21(28)15-19/h1,4,6-10,15,20,28H,2-3,5,11-14,16H2,(H2,25,26,29). The monoisotopic (exact) mass is 397 g/mol. The van der Waals surface area contributed by atoms with E-state index in [1.807, 2.05) is 12.1 Å². The maximum Gasteiger partial charge on any atom is 0.319 e. The quantitative estimate of drug-likeness (QED) is 0.682. The molecule has 154 valence electrons. The van der Waals surface area contributed by atoms with Crippen LogP contribution in [0, 0.1) is 5.82 Å². The third-order valence-electron chi connectivity index (χ3n) is 6.18. The molecule has 0 spiro atoms. The van der Waals surface area contributed by atoms with Crippen LogP contribution >= 0.6 is 0 Å². The number of likely N-dealkylation sites (tertiary alicyclic amines) is 1. The first-order valence-electron chi connectivity index (χ1n) is 10.4. The summed E-state index contributed by atoms with van der Waals surface area (Å²) in [5.41, 5.74) is 1.53. The van der Waals surface area contributed by atoms with E-state index in [0.29, 0.717) is 11.7 Å². The van der Waals surface area contributed by atoms with Crippen molar-refractivity contribution in [3.63, 3.8) is 0 Å². The molecule has 0 radical (unpaired) electrons. The number of phenolic OH excluding ortho intramolecular Hbond substituents is 1. The number of carbonyl (C=O) groups excluding carboxylic acids is 1. The van der Waals surface area contributed by atoms with Crippen molar-refractivity contribution in [1.82, 2.24) is 10.2 Å². The van der Waals surface area contributed by atoms with Crippen LogP contribution in [0.15, 0.2) is 48.5 Å². The zero-order chi connectivity index (χ0) is 20.3. The molecule has 1 saturated carbocycles. The van der Waals surface area contributed by atoms with Crippen molar-refractivity contribution >= 4 is 11.7 Å². The van der Waals surface area contributed by atoms with Crippen molar-refractivity contribution in [2.75, 3.05) is 18.4 Å². The highest BCUT2D eigenvalue weighted by molar-refractivity contribution is 5.90. The van der Waals surface area contributed by atoms with Gasteiger partial charge < -0.3 is 15.7 Å². The molecule has 29 heavy (non-hydrogen) atoms. The molecule has 4 rings (SSSR count). The van der Waals surface area contributed by atoms with Gasteiger partial charge in [0.1, 0.15) is 11.6 Å². The molecular weight excluding hydrogens is 369 g/mol. The van der Waals surface area contributed by atoms with Crippen molar-refractivity contribution in [2.24, 2.45) is 0 Å². The van der Waals surface area contributed by atoms with E-state index in [1.165, 1.54) is 18.2 Å². The average Bonchev–Trinajstić information content (AvgIpc) is 3.08. The van der Waals surface area contributed by atoms with Crippen LogP contribution < -0.4 is 10.6 Å². The summed E-state index contributed by atoms with van der Waals surface area (Å²) in [7, 11) is 0. The number of hydrogen-bond acceptors (Lipinski definition) is 3. The lowest BCUT2D eigenvalue weighted by Crippen LogP contribution is -2.61. The van der Waals surface area contributed by atoms with Gasteiger partial charge in [0.05, 0.1) is 5.54 Å². The van der Waals surface area contributed by atoms with E-state index in [1.54, 1.807) is 18.2 Å². The number of nitrogens with zero attached hydrogens (tertiary/aromatic N) is 1. The Balaban J connectivity index is 1.36. The molecule has 0 bridgehead atoms. The van der Waals surface area contributed by atoms with Crippen LogP contribution in [0.5, 0.6) is 5.75 Å². The Kier molecular flexibility index (Phi) is 5.72. The van der Waals surface area contributed by atoms with Gasteiger partial charge in [0, 0.05) is 24.3 Å². The second-order valence-electron chi connectivity index (χ2n) is 8.36. The number of hydrogen-bond donors (Lipinski definition) is 3. The lowest BCUT2D eigenvalue weighted by Gasteiger charge is -2.46. The molecule has 1 heterocycles. The number of carbonyl (C=O) groups is 1. The highest BCUT2D eigenvalue weighted by Gasteiger charge is 2.42. The topological polar surface area (TPSA) is 64.6 Å². The number of halogens is 1. The van der Waals surface area contributed by atoms with Crippen LogP contribution in [0.3, 0.4) is 0 Å². The molecule has 2 amide bonds. The Morgan fingerprint density at radius 1 is 1.17 bits per heavy atom. The Labute approximate surface area is 170 Å². The molecule has 1 saturated heterocycles. The number of aromatic hydroxyl groups is 1. The van der Waals surface area contributed by atoms with Gasteiger partial charge in [-0.25, -0.2) is 9.18 Å². The van der Waals surface area contributed by atoms with Crippen LogP contribution in [0.1, 0.15) is 37.7 Å². The molecule has 1 aliphatic carbocycles. The number of urea groups is 1. The van der Waals surface area contributed by atoms with Crippen LogP contribution in [-0.4, -0.2) is 40.7 Å². The van der Waals surface area contributed by atoms with E-state index >= 15 is 0 Å². The molecule has 6 heteroatoms. The summed E-state index contributed by atoms with van der Waals surface area (Å²) < 4.78 is 13.2. The van der Waals surface area contributed by atoms with Gasteiger partial charge in [-0.2, -0.15) is 0 Å². The number of anilines is 1. The summed E-state index contributed by atoms with van der Waals surface area (Å²) in [6.07, 6.45) is 6.25. The number of nitrogens with one attached hydrogen (secondary N) is 2. The zero-order valence-corrected chi connectivity index (χ0v) is 16.5. The van der Waals surface area contributed by atoms with Gasteiger partial charge in [0.2, 0.25) is 0 Å². The van der Waals surface area contributed by atoms with Crippen molar-refractivity contribution < 1.29 is 14.3 Å². The van der Waals surface area contributed by atoms with Crippen LogP contribution in [0.2, 0.25) is 0 Å². The highest BCUT2D eigenvalue weighted by Crippen LogP contribution is 2.35. The third-order valence-corrected chi connectivity index (χ3v) is 6.18. The van der Waals surface area contributed by atoms with Gasteiger partial charge in [0.25, 0.3) is 0 Å². The minimum absolute atomic E-state index is 0.127. The first-order valence-corrected chi connectivity index (χ1v) is 10.4. The second kappa shape index (κ2) is 8.41. The summed E-state index contributed by atoms with van der Waals surface area (Å²) in [4.78, 5) is 15.0. The van der Waals surface area contributed by atoms with E-state index in [4.69, 9.17) is 0 Å². The van der Waals surface area contributed by atoms with Gasteiger partial charge in [-0.15, -0.1) is 0 Å². The fourth-order valence-electron chi connectivity index (χ4n) is 4.53. The van der Waals surface area contributed by atoms with E-state index in [0.717, 1.165) is 57.2 Å². The Bertz CT molecular complexity index is 851. The minimum atomic E-state index is -0.232. The summed E-state index contributed by atoms with van der Waals surface area (Å²) in [6, 6.07) is 13.5. The van der Waals surface area contributed by atoms with Gasteiger partial charge in [0.15, 0.2) is 0 Å². The summed E-state index contributed by atoms with van der Waals surface area (Å²) >= 11 is 0. The molecule has 2 aromatic carbocycles. The Morgan fingerprint density at radius 3 is 2.66 bits per heavy atom. The number of rotatable bonds is 6. The van der Waals surface area contributed by atoms with Gasteiger partial charge in [-0.1, -0.05) is 18.2 Å². The van der Waals surface area contributed by atoms with Crippen LogP contribution in [0.25, 0.3) is 0 Å². The maximum absolute atomic E-state index is 13.2. The van der Waals surface area contributed by atoms with Crippen LogP contribution in [-0.2, 0) is 6.42 Å². The second-order valence-corrected chi connectivity index (χ2v) is 8.36. The molecule has 2 aliphatic rings. The molecule has 5 nitrogen and oxygen atoms in total. The van der Waals surface area contributed by atoms with E-state index in [2.05, 4.69) is 15.5 Å². The lowest BCUT2D eigenvalue weighted by atomic mass is 9.76. The van der Waals surface area contributed by atoms with Gasteiger partial charge >= 0.3 is 6.03 Å². The fourth-order valence-corrected chi connectivity index (χ4v) is 4.53. The Hall–Kier alpha value is -2.60. The smallest absolute Gasteiger partial charge is 0.319 e.